The number of hydrogen-bond acceptors (Lipinski definition) is 3. The molecule has 1 aliphatic rings. The fourth-order valence-corrected chi connectivity index (χ4v) is 3.92. The van der Waals surface area contributed by atoms with Crippen molar-refractivity contribution in [1.82, 2.24) is 10.6 Å². The van der Waals surface area contributed by atoms with E-state index in [0.717, 1.165) is 18.8 Å². The van der Waals surface area contributed by atoms with Gasteiger partial charge in [-0.05, 0) is 71.3 Å². The molecule has 0 bridgehead atoms. The molecule has 0 aromatic heterocycles. The number of hydrogen-bond donors (Lipinski definition) is 2. The summed E-state index contributed by atoms with van der Waals surface area (Å²) in [5.41, 5.74) is 2.64. The summed E-state index contributed by atoms with van der Waals surface area (Å²) in [6.45, 7) is 1.96. The molecule has 1 aliphatic heterocycles. The van der Waals surface area contributed by atoms with Crippen molar-refractivity contribution in [2.24, 2.45) is 0 Å². The van der Waals surface area contributed by atoms with Gasteiger partial charge in [-0.25, -0.2) is 0 Å². The zero-order chi connectivity index (χ0) is 16.1. The van der Waals surface area contributed by atoms with E-state index in [-0.39, 0.29) is 0 Å². The minimum atomic E-state index is 0.384. The van der Waals surface area contributed by atoms with E-state index >= 15 is 0 Å². The topological polar surface area (TPSA) is 33.3 Å². The minimum Gasteiger partial charge on any atom is -0.497 e. The van der Waals surface area contributed by atoms with Crippen LogP contribution in [0.1, 0.15) is 30.0 Å². The van der Waals surface area contributed by atoms with Gasteiger partial charge in [0.15, 0.2) is 0 Å². The van der Waals surface area contributed by atoms with Gasteiger partial charge in [0.05, 0.1) is 7.11 Å². The van der Waals surface area contributed by atoms with E-state index in [1.54, 1.807) is 7.11 Å². The van der Waals surface area contributed by atoms with Crippen LogP contribution in [-0.2, 0) is 6.54 Å². The zero-order valence-electron chi connectivity index (χ0n) is 13.4. The SMILES string of the molecule is COc1cc(I)cc(CN[C@H]2CCCN[C@H]2c2ccccc2)c1. The zero-order valence-corrected chi connectivity index (χ0v) is 15.5. The molecule has 2 aromatic rings. The van der Waals surface area contributed by atoms with Crippen molar-refractivity contribution in [3.05, 3.63) is 63.2 Å². The second kappa shape index (κ2) is 8.13. The quantitative estimate of drug-likeness (QED) is 0.718. The maximum absolute atomic E-state index is 5.37. The van der Waals surface area contributed by atoms with Crippen molar-refractivity contribution in [2.75, 3.05) is 13.7 Å². The number of halogens is 1. The first-order valence-electron chi connectivity index (χ1n) is 8.11. The molecule has 0 spiro atoms. The molecule has 0 aliphatic carbocycles. The molecular formula is C19H23IN2O. The number of ether oxygens (including phenoxy) is 1. The molecule has 3 rings (SSSR count). The molecule has 0 saturated carbocycles. The summed E-state index contributed by atoms with van der Waals surface area (Å²) in [5, 5.41) is 7.41. The summed E-state index contributed by atoms with van der Waals surface area (Å²) in [6, 6.07) is 18.0. The highest BCUT2D eigenvalue weighted by molar-refractivity contribution is 14.1. The number of nitrogens with one attached hydrogen (secondary N) is 2. The molecule has 2 N–H and O–H groups in total. The fraction of sp³-hybridized carbons (Fsp3) is 0.368. The Labute approximate surface area is 152 Å². The van der Waals surface area contributed by atoms with E-state index in [1.807, 2.05) is 0 Å². The lowest BCUT2D eigenvalue weighted by Gasteiger charge is -2.34. The molecule has 0 radical (unpaired) electrons. The smallest absolute Gasteiger partial charge is 0.120 e. The van der Waals surface area contributed by atoms with E-state index < -0.39 is 0 Å². The van der Waals surface area contributed by atoms with Gasteiger partial charge in [-0.3, -0.25) is 0 Å². The van der Waals surface area contributed by atoms with E-state index in [0.29, 0.717) is 12.1 Å². The second-order valence-corrected chi connectivity index (χ2v) is 7.22. The van der Waals surface area contributed by atoms with Crippen LogP contribution in [0.5, 0.6) is 5.75 Å². The molecule has 3 nitrogen and oxygen atoms in total. The Balaban J connectivity index is 1.69. The van der Waals surface area contributed by atoms with Gasteiger partial charge < -0.3 is 15.4 Å². The standard InChI is InChI=1S/C19H23IN2O/c1-23-17-11-14(10-16(20)12-17)13-22-18-8-5-9-21-19(18)15-6-3-2-4-7-15/h2-4,6-7,10-12,18-19,21-22H,5,8-9,13H2,1H3/t18-,19-/m0/s1. The predicted molar refractivity (Wildman–Crippen MR) is 103 cm³/mol. The van der Waals surface area contributed by atoms with Crippen LogP contribution in [0.4, 0.5) is 0 Å². The maximum Gasteiger partial charge on any atom is 0.120 e. The molecule has 1 fully saturated rings. The molecule has 23 heavy (non-hydrogen) atoms. The van der Waals surface area contributed by atoms with Gasteiger partial charge in [0.2, 0.25) is 0 Å². The van der Waals surface area contributed by atoms with E-state index in [9.17, 15) is 0 Å². The Morgan fingerprint density at radius 3 is 2.83 bits per heavy atom. The summed E-state index contributed by atoms with van der Waals surface area (Å²) >= 11 is 2.34. The first-order valence-corrected chi connectivity index (χ1v) is 9.19. The van der Waals surface area contributed by atoms with Crippen LogP contribution in [0.15, 0.2) is 48.5 Å². The van der Waals surface area contributed by atoms with Crippen molar-refractivity contribution in [1.29, 1.82) is 0 Å². The van der Waals surface area contributed by atoms with Crippen molar-refractivity contribution < 1.29 is 4.74 Å². The first kappa shape index (κ1) is 16.7. The van der Waals surface area contributed by atoms with Gasteiger partial charge in [0.25, 0.3) is 0 Å². The first-order chi connectivity index (χ1) is 11.3. The van der Waals surface area contributed by atoms with Gasteiger partial charge in [0, 0.05) is 22.2 Å². The summed E-state index contributed by atoms with van der Waals surface area (Å²) < 4.78 is 6.58. The minimum absolute atomic E-state index is 0.384. The average molecular weight is 422 g/mol. The average Bonchev–Trinajstić information content (AvgIpc) is 2.60. The number of piperidine rings is 1. The van der Waals surface area contributed by atoms with Crippen LogP contribution in [-0.4, -0.2) is 19.7 Å². The second-order valence-electron chi connectivity index (χ2n) is 5.97. The van der Waals surface area contributed by atoms with Crippen molar-refractivity contribution in [3.63, 3.8) is 0 Å². The highest BCUT2D eigenvalue weighted by atomic mass is 127. The lowest BCUT2D eigenvalue weighted by atomic mass is 9.92. The van der Waals surface area contributed by atoms with E-state index in [4.69, 9.17) is 4.74 Å². The normalized spacial score (nSPS) is 21.1. The van der Waals surface area contributed by atoms with Gasteiger partial charge >= 0.3 is 0 Å². The van der Waals surface area contributed by atoms with Crippen LogP contribution >= 0.6 is 22.6 Å². The van der Waals surface area contributed by atoms with Gasteiger partial charge in [-0.2, -0.15) is 0 Å². The predicted octanol–water partition coefficient (Wildman–Crippen LogP) is 3.88. The van der Waals surface area contributed by atoms with Crippen LogP contribution in [0.3, 0.4) is 0 Å². The lowest BCUT2D eigenvalue weighted by Crippen LogP contribution is -2.45. The van der Waals surface area contributed by atoms with Crippen LogP contribution in [0.2, 0.25) is 0 Å². The highest BCUT2D eigenvalue weighted by Gasteiger charge is 2.25. The lowest BCUT2D eigenvalue weighted by molar-refractivity contribution is 0.304. The van der Waals surface area contributed by atoms with Crippen molar-refractivity contribution in [3.8, 4) is 5.75 Å². The summed E-state index contributed by atoms with van der Waals surface area (Å²) in [6.07, 6.45) is 2.42. The molecule has 2 atom stereocenters. The molecule has 0 amide bonds. The fourth-order valence-electron chi connectivity index (χ4n) is 3.21. The molecule has 4 heteroatoms. The molecule has 2 aromatic carbocycles. The number of methoxy groups -OCH3 is 1. The van der Waals surface area contributed by atoms with Crippen LogP contribution < -0.4 is 15.4 Å². The van der Waals surface area contributed by atoms with Crippen molar-refractivity contribution >= 4 is 22.6 Å². The van der Waals surface area contributed by atoms with Gasteiger partial charge in [-0.1, -0.05) is 30.3 Å². The highest BCUT2D eigenvalue weighted by Crippen LogP contribution is 2.24. The molecule has 1 saturated heterocycles. The Bertz CT molecular complexity index is 633. The third-order valence-electron chi connectivity index (χ3n) is 4.35. The van der Waals surface area contributed by atoms with Crippen LogP contribution in [0.25, 0.3) is 0 Å². The van der Waals surface area contributed by atoms with Crippen molar-refractivity contribution in [2.45, 2.75) is 31.5 Å². The van der Waals surface area contributed by atoms with Gasteiger partial charge in [0.1, 0.15) is 5.75 Å². The van der Waals surface area contributed by atoms with Crippen LogP contribution in [0, 0.1) is 3.57 Å². The monoisotopic (exact) mass is 422 g/mol. The Morgan fingerprint density at radius 1 is 1.22 bits per heavy atom. The third kappa shape index (κ3) is 4.46. The summed E-state index contributed by atoms with van der Waals surface area (Å²) in [5.74, 6) is 0.926. The van der Waals surface area contributed by atoms with E-state index in [1.165, 1.54) is 27.5 Å². The molecule has 0 unspecified atom stereocenters. The Hall–Kier alpha value is -1.11. The number of benzene rings is 2. The summed E-state index contributed by atoms with van der Waals surface area (Å²) in [4.78, 5) is 0. The summed E-state index contributed by atoms with van der Waals surface area (Å²) in [7, 11) is 1.72. The van der Waals surface area contributed by atoms with E-state index in [2.05, 4.69) is 81.8 Å². The molecular weight excluding hydrogens is 399 g/mol. The number of rotatable bonds is 5. The molecule has 122 valence electrons. The molecule has 1 heterocycles. The van der Waals surface area contributed by atoms with Gasteiger partial charge in [-0.15, -0.1) is 0 Å². The third-order valence-corrected chi connectivity index (χ3v) is 4.98. The Kier molecular flexibility index (Phi) is 5.91. The largest absolute Gasteiger partial charge is 0.497 e. The Morgan fingerprint density at radius 2 is 2.04 bits per heavy atom. The maximum atomic E-state index is 5.37.